The topological polar surface area (TPSA) is 17.1 Å². The van der Waals surface area contributed by atoms with Crippen LogP contribution in [0.5, 0.6) is 0 Å². The molecule has 0 aliphatic carbocycles. The van der Waals surface area contributed by atoms with E-state index in [1.54, 1.807) is 6.08 Å². The molecular weight excluding hydrogens is 244 g/mol. The zero-order chi connectivity index (χ0) is 14.5. The number of rotatable bonds is 4. The summed E-state index contributed by atoms with van der Waals surface area (Å²) in [5, 5.41) is 0. The molecule has 0 saturated heterocycles. The lowest BCUT2D eigenvalue weighted by molar-refractivity contribution is 0.104. The van der Waals surface area contributed by atoms with Crippen molar-refractivity contribution in [1.82, 2.24) is 0 Å². The van der Waals surface area contributed by atoms with Crippen LogP contribution in [0.4, 0.5) is 0 Å². The zero-order valence-electron chi connectivity index (χ0n) is 12.3. The van der Waals surface area contributed by atoms with Crippen LogP contribution in [0.3, 0.4) is 0 Å². The van der Waals surface area contributed by atoms with E-state index < -0.39 is 0 Å². The standard InChI is InChI=1S/C19H20O/c1-14(2)16-9-11-17(12-10-16)15(3)13-19(20)18-7-5-4-6-8-18/h4-14H,1-3H3/b15-13+. The van der Waals surface area contributed by atoms with Gasteiger partial charge in [0.2, 0.25) is 0 Å². The Morgan fingerprint density at radius 2 is 1.50 bits per heavy atom. The molecule has 2 aromatic carbocycles. The summed E-state index contributed by atoms with van der Waals surface area (Å²) in [5.74, 6) is 0.579. The van der Waals surface area contributed by atoms with Gasteiger partial charge in [0.25, 0.3) is 0 Å². The van der Waals surface area contributed by atoms with E-state index in [-0.39, 0.29) is 5.78 Å². The van der Waals surface area contributed by atoms with Gasteiger partial charge in [0.05, 0.1) is 0 Å². The van der Waals surface area contributed by atoms with Crippen LogP contribution in [0.25, 0.3) is 5.57 Å². The molecule has 0 aliphatic rings. The molecule has 0 heterocycles. The van der Waals surface area contributed by atoms with E-state index in [9.17, 15) is 4.79 Å². The first-order valence-corrected chi connectivity index (χ1v) is 6.96. The van der Waals surface area contributed by atoms with Crippen LogP contribution >= 0.6 is 0 Å². The summed E-state index contributed by atoms with van der Waals surface area (Å²) in [7, 11) is 0. The van der Waals surface area contributed by atoms with Crippen LogP contribution in [-0.2, 0) is 0 Å². The molecule has 1 nitrogen and oxygen atoms in total. The van der Waals surface area contributed by atoms with Crippen molar-refractivity contribution in [3.8, 4) is 0 Å². The van der Waals surface area contributed by atoms with Crippen molar-refractivity contribution in [2.24, 2.45) is 0 Å². The quantitative estimate of drug-likeness (QED) is 0.555. The molecule has 102 valence electrons. The molecular formula is C19H20O. The first kappa shape index (κ1) is 14.3. The minimum absolute atomic E-state index is 0.0519. The van der Waals surface area contributed by atoms with Gasteiger partial charge in [-0.1, -0.05) is 68.4 Å². The Balaban J connectivity index is 2.20. The molecule has 1 heteroatoms. The fraction of sp³-hybridized carbons (Fsp3) is 0.211. The number of carbonyl (C=O) groups is 1. The summed E-state index contributed by atoms with van der Waals surface area (Å²) in [6.45, 7) is 6.33. The maximum atomic E-state index is 12.1. The van der Waals surface area contributed by atoms with Gasteiger partial charge in [-0.05, 0) is 35.6 Å². The predicted molar refractivity (Wildman–Crippen MR) is 85.0 cm³/mol. The number of allylic oxidation sites excluding steroid dienone is 2. The van der Waals surface area contributed by atoms with E-state index in [1.807, 2.05) is 37.3 Å². The normalized spacial score (nSPS) is 11.7. The molecule has 0 spiro atoms. The molecule has 2 rings (SSSR count). The molecule has 20 heavy (non-hydrogen) atoms. The van der Waals surface area contributed by atoms with Gasteiger partial charge in [-0.2, -0.15) is 0 Å². The Morgan fingerprint density at radius 3 is 2.05 bits per heavy atom. The van der Waals surface area contributed by atoms with Crippen molar-refractivity contribution in [1.29, 1.82) is 0 Å². The average molecular weight is 264 g/mol. The lowest BCUT2D eigenvalue weighted by Gasteiger charge is -2.07. The summed E-state index contributed by atoms with van der Waals surface area (Å²) in [6, 6.07) is 17.8. The minimum atomic E-state index is 0.0519. The van der Waals surface area contributed by atoms with E-state index in [2.05, 4.69) is 38.1 Å². The van der Waals surface area contributed by atoms with E-state index in [1.165, 1.54) is 5.56 Å². The molecule has 0 radical (unpaired) electrons. The third kappa shape index (κ3) is 3.45. The van der Waals surface area contributed by atoms with Crippen molar-refractivity contribution in [2.45, 2.75) is 26.7 Å². The first-order valence-electron chi connectivity index (χ1n) is 6.96. The number of benzene rings is 2. The van der Waals surface area contributed by atoms with Crippen LogP contribution in [0.1, 0.15) is 48.2 Å². The van der Waals surface area contributed by atoms with Crippen LogP contribution in [0, 0.1) is 0 Å². The van der Waals surface area contributed by atoms with Crippen molar-refractivity contribution >= 4 is 11.4 Å². The average Bonchev–Trinajstić information content (AvgIpc) is 2.48. The fourth-order valence-electron chi connectivity index (χ4n) is 2.10. The Hall–Kier alpha value is -2.15. The van der Waals surface area contributed by atoms with Gasteiger partial charge in [0.15, 0.2) is 5.78 Å². The van der Waals surface area contributed by atoms with Crippen LogP contribution < -0.4 is 0 Å². The Kier molecular flexibility index (Phi) is 4.52. The van der Waals surface area contributed by atoms with Crippen molar-refractivity contribution in [3.05, 3.63) is 77.4 Å². The summed E-state index contributed by atoms with van der Waals surface area (Å²) < 4.78 is 0. The fourth-order valence-corrected chi connectivity index (χ4v) is 2.10. The molecule has 0 fully saturated rings. The van der Waals surface area contributed by atoms with Crippen molar-refractivity contribution in [2.75, 3.05) is 0 Å². The molecule has 0 N–H and O–H groups in total. The molecule has 0 amide bonds. The zero-order valence-corrected chi connectivity index (χ0v) is 12.3. The number of carbonyl (C=O) groups excluding carboxylic acids is 1. The summed E-state index contributed by atoms with van der Waals surface area (Å²) in [6.07, 6.45) is 1.71. The van der Waals surface area contributed by atoms with E-state index >= 15 is 0 Å². The van der Waals surface area contributed by atoms with Crippen LogP contribution in [0.2, 0.25) is 0 Å². The number of hydrogen-bond acceptors (Lipinski definition) is 1. The van der Waals surface area contributed by atoms with Crippen LogP contribution in [-0.4, -0.2) is 5.78 Å². The SMILES string of the molecule is C/C(=C\C(=O)c1ccccc1)c1ccc(C(C)C)cc1. The van der Waals surface area contributed by atoms with Crippen molar-refractivity contribution in [3.63, 3.8) is 0 Å². The highest BCUT2D eigenvalue weighted by atomic mass is 16.1. The number of hydrogen-bond donors (Lipinski definition) is 0. The molecule has 0 atom stereocenters. The van der Waals surface area contributed by atoms with Gasteiger partial charge in [-0.3, -0.25) is 4.79 Å². The van der Waals surface area contributed by atoms with E-state index in [4.69, 9.17) is 0 Å². The molecule has 2 aromatic rings. The maximum Gasteiger partial charge on any atom is 0.186 e. The van der Waals surface area contributed by atoms with Gasteiger partial charge in [0.1, 0.15) is 0 Å². The molecule has 0 bridgehead atoms. The lowest BCUT2D eigenvalue weighted by Crippen LogP contribution is -1.95. The summed E-state index contributed by atoms with van der Waals surface area (Å²) >= 11 is 0. The molecule has 0 aliphatic heterocycles. The van der Waals surface area contributed by atoms with Gasteiger partial charge >= 0.3 is 0 Å². The van der Waals surface area contributed by atoms with Gasteiger partial charge in [-0.15, -0.1) is 0 Å². The Morgan fingerprint density at radius 1 is 0.900 bits per heavy atom. The smallest absolute Gasteiger partial charge is 0.186 e. The minimum Gasteiger partial charge on any atom is -0.289 e. The third-order valence-electron chi connectivity index (χ3n) is 3.44. The monoisotopic (exact) mass is 264 g/mol. The second-order valence-corrected chi connectivity index (χ2v) is 5.33. The number of ketones is 1. The molecule has 0 unspecified atom stereocenters. The highest BCUT2D eigenvalue weighted by Gasteiger charge is 2.04. The summed E-state index contributed by atoms with van der Waals surface area (Å²) in [4.78, 5) is 12.1. The van der Waals surface area contributed by atoms with Crippen LogP contribution in [0.15, 0.2) is 60.7 Å². The maximum absolute atomic E-state index is 12.1. The molecule has 0 saturated carbocycles. The Bertz CT molecular complexity index is 604. The van der Waals surface area contributed by atoms with Crippen molar-refractivity contribution < 1.29 is 4.79 Å². The summed E-state index contributed by atoms with van der Waals surface area (Å²) in [5.41, 5.74) is 4.13. The van der Waals surface area contributed by atoms with E-state index in [0.29, 0.717) is 5.92 Å². The first-order chi connectivity index (χ1) is 9.58. The predicted octanol–water partition coefficient (Wildman–Crippen LogP) is 5.10. The molecule has 0 aromatic heterocycles. The largest absolute Gasteiger partial charge is 0.289 e. The highest BCUT2D eigenvalue weighted by molar-refractivity contribution is 6.08. The van der Waals surface area contributed by atoms with Gasteiger partial charge in [-0.25, -0.2) is 0 Å². The highest BCUT2D eigenvalue weighted by Crippen LogP contribution is 2.19. The second-order valence-electron chi connectivity index (χ2n) is 5.33. The second kappa shape index (κ2) is 6.33. The van der Waals surface area contributed by atoms with Gasteiger partial charge < -0.3 is 0 Å². The lowest BCUT2D eigenvalue weighted by atomic mass is 9.98. The Labute approximate surface area is 121 Å². The van der Waals surface area contributed by atoms with Gasteiger partial charge in [0, 0.05) is 5.56 Å². The van der Waals surface area contributed by atoms with E-state index in [0.717, 1.165) is 16.7 Å². The third-order valence-corrected chi connectivity index (χ3v) is 3.44.